The van der Waals surface area contributed by atoms with E-state index in [0.29, 0.717) is 24.5 Å². The summed E-state index contributed by atoms with van der Waals surface area (Å²) in [6.45, 7) is 0.576. The molecule has 0 bridgehead atoms. The number of hydrogen-bond acceptors (Lipinski definition) is 4. The van der Waals surface area contributed by atoms with Crippen LogP contribution in [0.4, 0.5) is 5.69 Å². The van der Waals surface area contributed by atoms with Crippen molar-refractivity contribution >= 4 is 5.69 Å². The number of aliphatic hydroxyl groups excluding tert-OH is 1. The van der Waals surface area contributed by atoms with E-state index in [1.807, 2.05) is 6.07 Å². The van der Waals surface area contributed by atoms with Gasteiger partial charge >= 0.3 is 0 Å². The molecule has 0 radical (unpaired) electrons. The summed E-state index contributed by atoms with van der Waals surface area (Å²) < 4.78 is 5.36. The lowest BCUT2D eigenvalue weighted by molar-refractivity contribution is 0.233. The molecule has 0 heterocycles. The van der Waals surface area contributed by atoms with Crippen LogP contribution in [0.2, 0.25) is 0 Å². The zero-order valence-corrected chi connectivity index (χ0v) is 8.44. The highest BCUT2D eigenvalue weighted by molar-refractivity contribution is 5.51. The Bertz CT molecular complexity index is 358. The number of nitrogens with zero attached hydrogens (tertiary/aromatic N) is 1. The first-order valence-corrected chi connectivity index (χ1v) is 4.77. The average molecular weight is 206 g/mol. The number of anilines is 1. The minimum Gasteiger partial charge on any atom is -0.493 e. The summed E-state index contributed by atoms with van der Waals surface area (Å²) in [7, 11) is 0. The first kappa shape index (κ1) is 11.3. The number of hydrogen-bond donors (Lipinski definition) is 2. The van der Waals surface area contributed by atoms with Crippen LogP contribution < -0.4 is 10.5 Å². The maximum absolute atomic E-state index is 8.58. The van der Waals surface area contributed by atoms with E-state index in [-0.39, 0.29) is 13.0 Å². The molecule has 0 aliphatic heterocycles. The lowest BCUT2D eigenvalue weighted by Gasteiger charge is -2.07. The van der Waals surface area contributed by atoms with Gasteiger partial charge in [0.1, 0.15) is 5.75 Å². The van der Waals surface area contributed by atoms with Gasteiger partial charge in [0.25, 0.3) is 0 Å². The predicted octanol–water partition coefficient (Wildman–Crippen LogP) is 1.10. The average Bonchev–Trinajstić information content (AvgIpc) is 2.23. The normalized spacial score (nSPS) is 9.60. The second kappa shape index (κ2) is 5.89. The monoisotopic (exact) mass is 206 g/mol. The van der Waals surface area contributed by atoms with E-state index in [0.717, 1.165) is 5.56 Å². The molecular formula is C11H14N2O2. The van der Waals surface area contributed by atoms with Gasteiger partial charge in [-0.15, -0.1) is 0 Å². The highest BCUT2D eigenvalue weighted by atomic mass is 16.5. The topological polar surface area (TPSA) is 79.3 Å². The molecule has 0 saturated carbocycles. The van der Waals surface area contributed by atoms with Crippen molar-refractivity contribution in [3.63, 3.8) is 0 Å². The molecule has 0 fully saturated rings. The van der Waals surface area contributed by atoms with E-state index < -0.39 is 0 Å². The predicted molar refractivity (Wildman–Crippen MR) is 57.4 cm³/mol. The van der Waals surface area contributed by atoms with E-state index in [1.54, 1.807) is 18.2 Å². The third kappa shape index (κ3) is 3.49. The second-order valence-corrected chi connectivity index (χ2v) is 3.12. The summed E-state index contributed by atoms with van der Waals surface area (Å²) in [5, 5.41) is 17.2. The van der Waals surface area contributed by atoms with Gasteiger partial charge in [-0.1, -0.05) is 0 Å². The lowest BCUT2D eigenvalue weighted by Crippen LogP contribution is -2.01. The van der Waals surface area contributed by atoms with Crippen molar-refractivity contribution in [2.24, 2.45) is 0 Å². The molecule has 0 aliphatic carbocycles. The second-order valence-electron chi connectivity index (χ2n) is 3.12. The minimum absolute atomic E-state index is 0.111. The number of nitriles is 1. The highest BCUT2D eigenvalue weighted by Gasteiger charge is 2.01. The Morgan fingerprint density at radius 2 is 2.27 bits per heavy atom. The zero-order valence-electron chi connectivity index (χ0n) is 8.44. The van der Waals surface area contributed by atoms with Crippen molar-refractivity contribution in [1.29, 1.82) is 5.26 Å². The van der Waals surface area contributed by atoms with Crippen molar-refractivity contribution in [2.75, 3.05) is 18.9 Å². The van der Waals surface area contributed by atoms with Crippen molar-refractivity contribution in [3.05, 3.63) is 23.8 Å². The van der Waals surface area contributed by atoms with Crippen molar-refractivity contribution in [2.45, 2.75) is 12.8 Å². The van der Waals surface area contributed by atoms with Crippen LogP contribution in [0.25, 0.3) is 0 Å². The van der Waals surface area contributed by atoms with Crippen LogP contribution in [-0.2, 0) is 6.42 Å². The molecule has 0 spiro atoms. The van der Waals surface area contributed by atoms with Gasteiger partial charge in [-0.2, -0.15) is 5.26 Å². The maximum atomic E-state index is 8.58. The number of ether oxygens (including phenoxy) is 1. The summed E-state index contributed by atoms with van der Waals surface area (Å²) in [5.74, 6) is 0.683. The molecule has 0 atom stereocenters. The molecule has 4 nitrogen and oxygen atoms in total. The van der Waals surface area contributed by atoms with Crippen LogP contribution >= 0.6 is 0 Å². The molecular weight excluding hydrogens is 192 g/mol. The fraction of sp³-hybridized carbons (Fsp3) is 0.364. The van der Waals surface area contributed by atoms with Crippen LogP contribution in [0.3, 0.4) is 0 Å². The van der Waals surface area contributed by atoms with Crippen LogP contribution in [-0.4, -0.2) is 18.3 Å². The van der Waals surface area contributed by atoms with Gasteiger partial charge in [-0.3, -0.25) is 0 Å². The largest absolute Gasteiger partial charge is 0.493 e. The van der Waals surface area contributed by atoms with Gasteiger partial charge < -0.3 is 15.6 Å². The van der Waals surface area contributed by atoms with Gasteiger partial charge in [-0.05, 0) is 23.8 Å². The quantitative estimate of drug-likeness (QED) is 0.558. The first-order valence-electron chi connectivity index (χ1n) is 4.77. The van der Waals surface area contributed by atoms with Crippen LogP contribution in [0.5, 0.6) is 5.75 Å². The molecule has 0 amide bonds. The van der Waals surface area contributed by atoms with E-state index >= 15 is 0 Å². The van der Waals surface area contributed by atoms with E-state index in [4.69, 9.17) is 20.8 Å². The van der Waals surface area contributed by atoms with E-state index in [1.165, 1.54) is 0 Å². The van der Waals surface area contributed by atoms with Gasteiger partial charge in [0.15, 0.2) is 0 Å². The van der Waals surface area contributed by atoms with Crippen molar-refractivity contribution in [3.8, 4) is 11.8 Å². The molecule has 0 saturated heterocycles. The Morgan fingerprint density at radius 3 is 2.93 bits per heavy atom. The summed E-state index contributed by atoms with van der Waals surface area (Å²) in [5.41, 5.74) is 7.06. The standard InChI is InChI=1S/C11H14N2O2/c12-5-4-9-8-10(2-3-11(9)13)15-7-1-6-14/h2-3,8,14H,1,4,6-7,13H2. The number of nitrogens with two attached hydrogens (primary N) is 1. The Labute approximate surface area is 88.9 Å². The third-order valence-electron chi connectivity index (χ3n) is 1.96. The Balaban J connectivity index is 2.66. The van der Waals surface area contributed by atoms with Gasteiger partial charge in [0.05, 0.1) is 19.1 Å². The molecule has 3 N–H and O–H groups in total. The maximum Gasteiger partial charge on any atom is 0.119 e. The number of aliphatic hydroxyl groups is 1. The molecule has 15 heavy (non-hydrogen) atoms. The van der Waals surface area contributed by atoms with Crippen molar-refractivity contribution < 1.29 is 9.84 Å². The summed E-state index contributed by atoms with van der Waals surface area (Å²) >= 11 is 0. The Kier molecular flexibility index (Phi) is 4.45. The fourth-order valence-corrected chi connectivity index (χ4v) is 1.16. The Morgan fingerprint density at radius 1 is 1.47 bits per heavy atom. The number of nitrogen functional groups attached to an aromatic ring is 1. The smallest absolute Gasteiger partial charge is 0.119 e. The molecule has 4 heteroatoms. The summed E-state index contributed by atoms with van der Waals surface area (Å²) in [6, 6.07) is 7.28. The van der Waals surface area contributed by atoms with Crippen LogP contribution in [0, 0.1) is 11.3 Å². The van der Waals surface area contributed by atoms with Gasteiger partial charge in [0, 0.05) is 18.7 Å². The summed E-state index contributed by atoms with van der Waals surface area (Å²) in [6.07, 6.45) is 0.876. The van der Waals surface area contributed by atoms with Crippen molar-refractivity contribution in [1.82, 2.24) is 0 Å². The van der Waals surface area contributed by atoms with E-state index in [9.17, 15) is 0 Å². The zero-order chi connectivity index (χ0) is 11.1. The molecule has 0 aliphatic rings. The minimum atomic E-state index is 0.111. The summed E-state index contributed by atoms with van der Waals surface area (Å²) in [4.78, 5) is 0. The fourth-order valence-electron chi connectivity index (χ4n) is 1.16. The molecule has 0 unspecified atom stereocenters. The SMILES string of the molecule is N#CCc1cc(OCCCO)ccc1N. The molecule has 1 rings (SSSR count). The Hall–Kier alpha value is -1.73. The highest BCUT2D eigenvalue weighted by Crippen LogP contribution is 2.20. The number of rotatable bonds is 5. The molecule has 1 aromatic carbocycles. The van der Waals surface area contributed by atoms with Gasteiger partial charge in [0.2, 0.25) is 0 Å². The molecule has 1 aromatic rings. The molecule has 0 aromatic heterocycles. The van der Waals surface area contributed by atoms with Crippen LogP contribution in [0.1, 0.15) is 12.0 Å². The van der Waals surface area contributed by atoms with Gasteiger partial charge in [-0.25, -0.2) is 0 Å². The third-order valence-corrected chi connectivity index (χ3v) is 1.96. The number of benzene rings is 1. The first-order chi connectivity index (χ1) is 7.27. The van der Waals surface area contributed by atoms with E-state index in [2.05, 4.69) is 0 Å². The van der Waals surface area contributed by atoms with Crippen LogP contribution in [0.15, 0.2) is 18.2 Å². The lowest BCUT2D eigenvalue weighted by atomic mass is 10.1. The molecule has 80 valence electrons.